The molecule has 3 nitrogen and oxygen atoms in total. The molecule has 0 aromatic heterocycles. The van der Waals surface area contributed by atoms with Crippen LogP contribution in [0.3, 0.4) is 0 Å². The summed E-state index contributed by atoms with van der Waals surface area (Å²) >= 11 is 3.34. The molecule has 0 heterocycles. The molecule has 0 aliphatic heterocycles. The van der Waals surface area contributed by atoms with Crippen molar-refractivity contribution in [3.05, 3.63) is 40.4 Å². The van der Waals surface area contributed by atoms with E-state index in [0.717, 1.165) is 10.0 Å². The normalized spacial score (nSPS) is 12.0. The van der Waals surface area contributed by atoms with Crippen molar-refractivity contribution in [3.8, 4) is 0 Å². The number of oxime groups is 1. The molecule has 84 valence electrons. The van der Waals surface area contributed by atoms with Crippen LogP contribution in [-0.4, -0.2) is 16.7 Å². The van der Waals surface area contributed by atoms with Gasteiger partial charge in [-0.3, -0.25) is 4.79 Å². The van der Waals surface area contributed by atoms with E-state index in [9.17, 15) is 4.79 Å². The van der Waals surface area contributed by atoms with Crippen LogP contribution in [0.1, 0.15) is 18.9 Å². The summed E-state index contributed by atoms with van der Waals surface area (Å²) in [7, 11) is 0. The third-order valence-electron chi connectivity index (χ3n) is 1.90. The Bertz CT molecular complexity index is 421. The molecule has 0 fully saturated rings. The molecule has 0 amide bonds. The van der Waals surface area contributed by atoms with Gasteiger partial charge in [0.1, 0.15) is 5.78 Å². The summed E-state index contributed by atoms with van der Waals surface area (Å²) in [6.07, 6.45) is 3.57. The van der Waals surface area contributed by atoms with Crippen LogP contribution in [0.2, 0.25) is 0 Å². The lowest BCUT2D eigenvalue weighted by Gasteiger charge is -1.96. The highest BCUT2D eigenvalue weighted by Gasteiger charge is 1.99. The lowest BCUT2D eigenvalue weighted by molar-refractivity contribution is -0.115. The Balaban J connectivity index is 2.72. The van der Waals surface area contributed by atoms with Crippen LogP contribution in [0.25, 0.3) is 6.08 Å². The molecule has 4 heteroatoms. The fourth-order valence-electron chi connectivity index (χ4n) is 1.15. The predicted molar refractivity (Wildman–Crippen MR) is 67.7 cm³/mol. The summed E-state index contributed by atoms with van der Waals surface area (Å²) in [6, 6.07) is 7.67. The maximum Gasteiger partial charge on any atom is 0.135 e. The second kappa shape index (κ2) is 6.23. The smallest absolute Gasteiger partial charge is 0.135 e. The summed E-state index contributed by atoms with van der Waals surface area (Å²) < 4.78 is 1.00. The molecule has 0 saturated heterocycles. The van der Waals surface area contributed by atoms with Crippen molar-refractivity contribution in [1.29, 1.82) is 0 Å². The van der Waals surface area contributed by atoms with Gasteiger partial charge in [-0.25, -0.2) is 0 Å². The van der Waals surface area contributed by atoms with E-state index >= 15 is 0 Å². The topological polar surface area (TPSA) is 49.7 Å². The summed E-state index contributed by atoms with van der Waals surface area (Å²) in [4.78, 5) is 10.8. The quantitative estimate of drug-likeness (QED) is 0.523. The molecule has 0 unspecified atom stereocenters. The number of hydrogen-bond donors (Lipinski definition) is 1. The van der Waals surface area contributed by atoms with E-state index in [1.165, 1.54) is 6.92 Å². The minimum absolute atomic E-state index is 0.0340. The fraction of sp³-hybridized carbons (Fsp3) is 0.167. The van der Waals surface area contributed by atoms with Crippen LogP contribution in [-0.2, 0) is 4.79 Å². The van der Waals surface area contributed by atoms with Gasteiger partial charge < -0.3 is 5.21 Å². The van der Waals surface area contributed by atoms with Crippen molar-refractivity contribution < 1.29 is 10.0 Å². The Morgan fingerprint density at radius 1 is 1.44 bits per heavy atom. The molecular formula is C12H12BrNO2. The molecule has 0 atom stereocenters. The summed E-state index contributed by atoms with van der Waals surface area (Å²) in [5.74, 6) is -0.0340. The third-order valence-corrected chi connectivity index (χ3v) is 2.43. The molecule has 0 saturated carbocycles. The third kappa shape index (κ3) is 4.40. The molecule has 1 aromatic carbocycles. The van der Waals surface area contributed by atoms with E-state index in [2.05, 4.69) is 21.1 Å². The van der Waals surface area contributed by atoms with E-state index in [4.69, 9.17) is 5.21 Å². The summed E-state index contributed by atoms with van der Waals surface area (Å²) in [5, 5.41) is 11.7. The average Bonchev–Trinajstić information content (AvgIpc) is 2.26. The van der Waals surface area contributed by atoms with Crippen molar-refractivity contribution in [3.63, 3.8) is 0 Å². The van der Waals surface area contributed by atoms with Gasteiger partial charge in [-0.15, -0.1) is 0 Å². The number of hydrogen-bond acceptors (Lipinski definition) is 3. The molecule has 0 bridgehead atoms. The number of carbonyl (C=O) groups is 1. The number of halogens is 1. The van der Waals surface area contributed by atoms with Crippen molar-refractivity contribution in [2.24, 2.45) is 5.16 Å². The van der Waals surface area contributed by atoms with Gasteiger partial charge in [-0.1, -0.05) is 39.3 Å². The maximum atomic E-state index is 10.8. The highest BCUT2D eigenvalue weighted by Crippen LogP contribution is 2.11. The fourth-order valence-corrected chi connectivity index (χ4v) is 1.41. The van der Waals surface area contributed by atoms with Gasteiger partial charge in [0, 0.05) is 4.47 Å². The number of nitrogens with zero attached hydrogens (tertiary/aromatic N) is 1. The van der Waals surface area contributed by atoms with Gasteiger partial charge >= 0.3 is 0 Å². The molecule has 1 N–H and O–H groups in total. The zero-order valence-corrected chi connectivity index (χ0v) is 10.4. The summed E-state index contributed by atoms with van der Waals surface area (Å²) in [5.41, 5.74) is 1.34. The predicted octanol–water partition coefficient (Wildman–Crippen LogP) is 3.27. The molecule has 0 radical (unpaired) electrons. The second-order valence-electron chi connectivity index (χ2n) is 3.36. The van der Waals surface area contributed by atoms with Gasteiger partial charge in [0.25, 0.3) is 0 Å². The average molecular weight is 282 g/mol. The first-order valence-electron chi connectivity index (χ1n) is 4.76. The maximum absolute atomic E-state index is 10.8. The Morgan fingerprint density at radius 2 is 2.06 bits per heavy atom. The van der Waals surface area contributed by atoms with Crippen LogP contribution >= 0.6 is 15.9 Å². The first kappa shape index (κ1) is 12.6. The van der Waals surface area contributed by atoms with Crippen LogP contribution in [0.15, 0.2) is 40.0 Å². The standard InChI is InChI=1S/C12H12BrNO2/c1-9(15)8-12(14-16)7-4-10-2-5-11(13)6-3-10/h2-7,16H,8H2,1H3/b7-4+,14-12+. The van der Waals surface area contributed by atoms with E-state index in [1.54, 1.807) is 12.2 Å². The minimum Gasteiger partial charge on any atom is -0.411 e. The number of Topliss-reactive ketones (excluding diaryl/α,β-unsaturated/α-hetero) is 1. The lowest BCUT2D eigenvalue weighted by Crippen LogP contribution is -2.01. The van der Waals surface area contributed by atoms with Gasteiger partial charge in [-0.05, 0) is 30.7 Å². The second-order valence-corrected chi connectivity index (χ2v) is 4.27. The highest BCUT2D eigenvalue weighted by atomic mass is 79.9. The lowest BCUT2D eigenvalue weighted by atomic mass is 10.1. The van der Waals surface area contributed by atoms with Crippen LogP contribution in [0.5, 0.6) is 0 Å². The van der Waals surface area contributed by atoms with Crippen LogP contribution in [0.4, 0.5) is 0 Å². The molecule has 0 spiro atoms. The van der Waals surface area contributed by atoms with E-state index < -0.39 is 0 Å². The largest absolute Gasteiger partial charge is 0.411 e. The van der Waals surface area contributed by atoms with E-state index in [1.807, 2.05) is 24.3 Å². The number of benzene rings is 1. The van der Waals surface area contributed by atoms with Gasteiger partial charge in [-0.2, -0.15) is 0 Å². The number of rotatable bonds is 4. The highest BCUT2D eigenvalue weighted by molar-refractivity contribution is 9.10. The Morgan fingerprint density at radius 3 is 2.56 bits per heavy atom. The van der Waals surface area contributed by atoms with Crippen molar-refractivity contribution >= 4 is 33.5 Å². The number of carbonyl (C=O) groups excluding carboxylic acids is 1. The molecule has 0 aliphatic carbocycles. The Kier molecular flexibility index (Phi) is 4.92. The van der Waals surface area contributed by atoms with E-state index in [-0.39, 0.29) is 12.2 Å². The van der Waals surface area contributed by atoms with Gasteiger partial charge in [0.2, 0.25) is 0 Å². The minimum atomic E-state index is -0.0340. The van der Waals surface area contributed by atoms with Gasteiger partial charge in [0.05, 0.1) is 12.1 Å². The Labute approximate surface area is 103 Å². The number of allylic oxidation sites excluding steroid dienone is 1. The van der Waals surface area contributed by atoms with E-state index in [0.29, 0.717) is 5.71 Å². The van der Waals surface area contributed by atoms with Gasteiger partial charge in [0.15, 0.2) is 0 Å². The zero-order valence-electron chi connectivity index (χ0n) is 8.85. The van der Waals surface area contributed by atoms with Crippen molar-refractivity contribution in [2.45, 2.75) is 13.3 Å². The molecule has 0 aliphatic rings. The van der Waals surface area contributed by atoms with Crippen molar-refractivity contribution in [1.82, 2.24) is 0 Å². The zero-order chi connectivity index (χ0) is 12.0. The first-order chi connectivity index (χ1) is 7.61. The van der Waals surface area contributed by atoms with Crippen molar-refractivity contribution in [2.75, 3.05) is 0 Å². The van der Waals surface area contributed by atoms with Crippen LogP contribution < -0.4 is 0 Å². The molecular weight excluding hydrogens is 270 g/mol. The number of ketones is 1. The SMILES string of the molecule is CC(=O)CC(/C=C/c1ccc(Br)cc1)=N/O. The monoisotopic (exact) mass is 281 g/mol. The van der Waals surface area contributed by atoms with Crippen LogP contribution in [0, 0.1) is 0 Å². The molecule has 16 heavy (non-hydrogen) atoms. The summed E-state index contributed by atoms with van der Waals surface area (Å²) in [6.45, 7) is 1.46. The molecule has 1 rings (SSSR count). The first-order valence-corrected chi connectivity index (χ1v) is 5.55. The Hall–Kier alpha value is -1.42. The molecule has 1 aromatic rings.